The Morgan fingerprint density at radius 1 is 1.73 bits per heavy atom. The number of carbonyl (C=O) groups is 1. The van der Waals surface area contributed by atoms with E-state index in [1.807, 2.05) is 6.92 Å². The first-order chi connectivity index (χ1) is 7.13. The van der Waals surface area contributed by atoms with Crippen LogP contribution in [-0.2, 0) is 11.3 Å². The minimum absolute atomic E-state index is 0.0640. The van der Waals surface area contributed by atoms with Crippen LogP contribution in [0.3, 0.4) is 0 Å². The van der Waals surface area contributed by atoms with Crippen molar-refractivity contribution >= 4 is 11.6 Å². The molecule has 82 valence electrons. The summed E-state index contributed by atoms with van der Waals surface area (Å²) in [5.74, 6) is -0.0874. The Hall–Kier alpha value is -1.92. The van der Waals surface area contributed by atoms with Gasteiger partial charge in [-0.3, -0.25) is 19.6 Å². The lowest BCUT2D eigenvalue weighted by molar-refractivity contribution is -0.385. The van der Waals surface area contributed by atoms with Crippen LogP contribution >= 0.6 is 0 Å². The Morgan fingerprint density at radius 3 is 3.00 bits per heavy atom. The van der Waals surface area contributed by atoms with Crippen LogP contribution in [0.1, 0.15) is 13.3 Å². The molecule has 1 heterocycles. The van der Waals surface area contributed by atoms with E-state index in [0.29, 0.717) is 13.1 Å². The number of aromatic nitrogens is 2. The molecule has 0 aromatic carbocycles. The highest BCUT2D eigenvalue weighted by molar-refractivity contribution is 5.75. The summed E-state index contributed by atoms with van der Waals surface area (Å²) in [5, 5.41) is 16.7. The molecule has 15 heavy (non-hydrogen) atoms. The van der Waals surface area contributed by atoms with Gasteiger partial charge in [-0.25, -0.2) is 0 Å². The zero-order valence-electron chi connectivity index (χ0n) is 8.34. The Bertz CT molecular complexity index is 361. The quantitative estimate of drug-likeness (QED) is 0.562. The highest BCUT2D eigenvalue weighted by Gasteiger charge is 2.09. The van der Waals surface area contributed by atoms with Crippen molar-refractivity contribution < 1.29 is 9.72 Å². The van der Waals surface area contributed by atoms with Gasteiger partial charge in [0.05, 0.1) is 4.92 Å². The summed E-state index contributed by atoms with van der Waals surface area (Å²) in [6.45, 7) is 2.76. The summed E-state index contributed by atoms with van der Waals surface area (Å²) in [5.41, 5.74) is -0.0640. The minimum atomic E-state index is -0.518. The van der Waals surface area contributed by atoms with E-state index >= 15 is 0 Å². The molecule has 0 saturated carbocycles. The monoisotopic (exact) mass is 212 g/mol. The van der Waals surface area contributed by atoms with E-state index in [1.165, 1.54) is 10.9 Å². The van der Waals surface area contributed by atoms with Gasteiger partial charge >= 0.3 is 5.69 Å². The van der Waals surface area contributed by atoms with E-state index < -0.39 is 4.92 Å². The molecular formula is C8H12N4O3. The van der Waals surface area contributed by atoms with Gasteiger partial charge in [-0.2, -0.15) is 5.10 Å². The van der Waals surface area contributed by atoms with Crippen molar-refractivity contribution in [3.8, 4) is 0 Å². The van der Waals surface area contributed by atoms with Gasteiger partial charge in [0.25, 0.3) is 0 Å². The van der Waals surface area contributed by atoms with Crippen LogP contribution in [0.2, 0.25) is 0 Å². The van der Waals surface area contributed by atoms with Crippen molar-refractivity contribution in [2.24, 2.45) is 0 Å². The summed E-state index contributed by atoms with van der Waals surface area (Å²) >= 11 is 0. The molecule has 1 aromatic heterocycles. The zero-order chi connectivity index (χ0) is 11.3. The summed E-state index contributed by atoms with van der Waals surface area (Å²) in [6, 6.07) is 0. The van der Waals surface area contributed by atoms with Crippen molar-refractivity contribution in [1.82, 2.24) is 15.1 Å². The number of rotatable bonds is 5. The van der Waals surface area contributed by atoms with Crippen molar-refractivity contribution in [3.05, 3.63) is 22.5 Å². The van der Waals surface area contributed by atoms with Crippen LogP contribution in [0.25, 0.3) is 0 Å². The number of hydrogen-bond donors (Lipinski definition) is 1. The molecule has 7 nitrogen and oxygen atoms in total. The molecule has 0 fully saturated rings. The average molecular weight is 212 g/mol. The summed E-state index contributed by atoms with van der Waals surface area (Å²) in [7, 11) is 0. The Balaban J connectivity index is 2.44. The van der Waals surface area contributed by atoms with Crippen LogP contribution in [0, 0.1) is 10.1 Å². The van der Waals surface area contributed by atoms with Gasteiger partial charge in [0, 0.05) is 19.5 Å². The van der Waals surface area contributed by atoms with E-state index in [0.717, 1.165) is 6.20 Å². The van der Waals surface area contributed by atoms with Crippen molar-refractivity contribution in [2.45, 2.75) is 19.9 Å². The number of carbonyl (C=O) groups excluding carboxylic acids is 1. The molecule has 0 saturated heterocycles. The molecule has 7 heteroatoms. The second-order valence-electron chi connectivity index (χ2n) is 2.92. The number of amides is 1. The lowest BCUT2D eigenvalue weighted by Gasteiger charge is -2.01. The Kier molecular flexibility index (Phi) is 3.78. The van der Waals surface area contributed by atoms with Crippen LogP contribution in [0.15, 0.2) is 12.4 Å². The summed E-state index contributed by atoms with van der Waals surface area (Å²) < 4.78 is 1.38. The number of nitro groups is 1. The van der Waals surface area contributed by atoms with E-state index in [1.54, 1.807) is 0 Å². The summed E-state index contributed by atoms with van der Waals surface area (Å²) in [6.07, 6.45) is 2.74. The predicted octanol–water partition coefficient (Wildman–Crippen LogP) is 0.317. The maximum Gasteiger partial charge on any atom is 0.306 e. The Morgan fingerprint density at radius 2 is 2.47 bits per heavy atom. The molecule has 0 spiro atoms. The summed E-state index contributed by atoms with van der Waals surface area (Å²) in [4.78, 5) is 20.9. The van der Waals surface area contributed by atoms with Crippen LogP contribution in [0.5, 0.6) is 0 Å². The Labute approximate surface area is 86.2 Å². The van der Waals surface area contributed by atoms with Gasteiger partial charge in [-0.05, 0) is 6.92 Å². The molecule has 1 N–H and O–H groups in total. The molecule has 0 aliphatic rings. The molecule has 1 aromatic rings. The first-order valence-electron chi connectivity index (χ1n) is 4.57. The third-order valence-corrected chi connectivity index (χ3v) is 1.77. The molecule has 0 aliphatic heterocycles. The van der Waals surface area contributed by atoms with Crippen molar-refractivity contribution in [3.63, 3.8) is 0 Å². The van der Waals surface area contributed by atoms with E-state index in [4.69, 9.17) is 0 Å². The fourth-order valence-corrected chi connectivity index (χ4v) is 1.07. The second-order valence-corrected chi connectivity index (χ2v) is 2.92. The van der Waals surface area contributed by atoms with Gasteiger partial charge < -0.3 is 5.32 Å². The highest BCUT2D eigenvalue weighted by Crippen LogP contribution is 2.07. The maximum atomic E-state index is 11.1. The third-order valence-electron chi connectivity index (χ3n) is 1.77. The van der Waals surface area contributed by atoms with E-state index in [9.17, 15) is 14.9 Å². The fraction of sp³-hybridized carbons (Fsp3) is 0.500. The number of aryl methyl sites for hydroxylation is 1. The smallest absolute Gasteiger partial charge is 0.306 e. The third kappa shape index (κ3) is 3.37. The maximum absolute atomic E-state index is 11.1. The van der Waals surface area contributed by atoms with Crippen LogP contribution in [-0.4, -0.2) is 27.2 Å². The van der Waals surface area contributed by atoms with Gasteiger partial charge in [0.15, 0.2) is 0 Å². The molecule has 0 aliphatic carbocycles. The van der Waals surface area contributed by atoms with Crippen molar-refractivity contribution in [2.75, 3.05) is 6.54 Å². The lowest BCUT2D eigenvalue weighted by atomic mass is 10.4. The normalized spacial score (nSPS) is 9.93. The van der Waals surface area contributed by atoms with Crippen LogP contribution in [0.4, 0.5) is 5.69 Å². The number of hydrogen-bond acceptors (Lipinski definition) is 4. The molecule has 0 atom stereocenters. The molecule has 1 rings (SSSR count). The minimum Gasteiger partial charge on any atom is -0.356 e. The van der Waals surface area contributed by atoms with Gasteiger partial charge in [0.2, 0.25) is 5.91 Å². The van der Waals surface area contributed by atoms with Gasteiger partial charge in [0.1, 0.15) is 12.4 Å². The standard InChI is InChI=1S/C8H12N4O3/c1-2-9-8(13)3-4-11-6-7(5-10-11)12(14)15/h5-6H,2-4H2,1H3,(H,9,13). The zero-order valence-corrected chi connectivity index (χ0v) is 8.34. The SMILES string of the molecule is CCNC(=O)CCn1cc([N+](=O)[O-])cn1. The average Bonchev–Trinajstić information content (AvgIpc) is 2.63. The fourth-order valence-electron chi connectivity index (χ4n) is 1.07. The molecular weight excluding hydrogens is 200 g/mol. The van der Waals surface area contributed by atoms with E-state index in [-0.39, 0.29) is 18.0 Å². The largest absolute Gasteiger partial charge is 0.356 e. The second kappa shape index (κ2) is 5.08. The number of nitrogens with zero attached hydrogens (tertiary/aromatic N) is 3. The molecule has 0 radical (unpaired) electrons. The van der Waals surface area contributed by atoms with Gasteiger partial charge in [-0.1, -0.05) is 0 Å². The number of nitrogens with one attached hydrogen (secondary N) is 1. The molecule has 0 unspecified atom stereocenters. The van der Waals surface area contributed by atoms with Crippen LogP contribution < -0.4 is 5.32 Å². The topological polar surface area (TPSA) is 90.1 Å². The molecule has 1 amide bonds. The molecule has 0 bridgehead atoms. The first-order valence-corrected chi connectivity index (χ1v) is 4.57. The predicted molar refractivity (Wildman–Crippen MR) is 52.2 cm³/mol. The van der Waals surface area contributed by atoms with Gasteiger partial charge in [-0.15, -0.1) is 0 Å². The highest BCUT2D eigenvalue weighted by atomic mass is 16.6. The lowest BCUT2D eigenvalue weighted by Crippen LogP contribution is -2.23. The van der Waals surface area contributed by atoms with E-state index in [2.05, 4.69) is 10.4 Å². The van der Waals surface area contributed by atoms with Crippen molar-refractivity contribution in [1.29, 1.82) is 0 Å². The first kappa shape index (κ1) is 11.2.